The van der Waals surface area contributed by atoms with Gasteiger partial charge < -0.3 is 5.11 Å². The zero-order valence-corrected chi connectivity index (χ0v) is 5.35. The third-order valence-corrected chi connectivity index (χ3v) is 0.968. The first kappa shape index (κ1) is 7.15. The molecule has 0 aliphatic rings. The Hall–Kier alpha value is -1.96. The SMILES string of the molecule is N#Cc1cncc(C(=O)O)n1. The average molecular weight is 149 g/mol. The Bertz CT molecular complexity index is 329. The number of rotatable bonds is 1. The summed E-state index contributed by atoms with van der Waals surface area (Å²) in [7, 11) is 0. The van der Waals surface area contributed by atoms with Crippen LogP contribution in [0.4, 0.5) is 0 Å². The molecule has 1 aromatic heterocycles. The van der Waals surface area contributed by atoms with Gasteiger partial charge in [-0.1, -0.05) is 0 Å². The fourth-order valence-electron chi connectivity index (χ4n) is 0.523. The third-order valence-electron chi connectivity index (χ3n) is 0.968. The van der Waals surface area contributed by atoms with Crippen molar-refractivity contribution in [2.75, 3.05) is 0 Å². The number of carbonyl (C=O) groups is 1. The van der Waals surface area contributed by atoms with Gasteiger partial charge in [0, 0.05) is 0 Å². The van der Waals surface area contributed by atoms with Gasteiger partial charge in [0.05, 0.1) is 12.4 Å². The average Bonchev–Trinajstić information content (AvgIpc) is 2.05. The maximum absolute atomic E-state index is 10.3. The van der Waals surface area contributed by atoms with Gasteiger partial charge in [-0.2, -0.15) is 5.26 Å². The molecule has 0 bridgehead atoms. The molecule has 0 radical (unpaired) electrons. The van der Waals surface area contributed by atoms with Crippen molar-refractivity contribution in [2.45, 2.75) is 0 Å². The van der Waals surface area contributed by atoms with E-state index >= 15 is 0 Å². The van der Waals surface area contributed by atoms with Gasteiger partial charge in [-0.15, -0.1) is 0 Å². The van der Waals surface area contributed by atoms with Crippen LogP contribution in [-0.2, 0) is 0 Å². The van der Waals surface area contributed by atoms with Gasteiger partial charge >= 0.3 is 5.97 Å². The lowest BCUT2D eigenvalue weighted by Gasteiger charge is -1.90. The number of aromatic carboxylic acids is 1. The van der Waals surface area contributed by atoms with Gasteiger partial charge in [0.1, 0.15) is 6.07 Å². The Kier molecular flexibility index (Phi) is 1.79. The molecule has 0 aliphatic carbocycles. The zero-order valence-electron chi connectivity index (χ0n) is 5.35. The fraction of sp³-hybridized carbons (Fsp3) is 0. The number of nitriles is 1. The number of hydrogen-bond acceptors (Lipinski definition) is 4. The van der Waals surface area contributed by atoms with Crippen molar-refractivity contribution in [3.63, 3.8) is 0 Å². The van der Waals surface area contributed by atoms with Crippen molar-refractivity contribution in [3.8, 4) is 6.07 Å². The van der Waals surface area contributed by atoms with Crippen LogP contribution >= 0.6 is 0 Å². The first-order valence-corrected chi connectivity index (χ1v) is 2.69. The molecule has 0 unspecified atom stereocenters. The van der Waals surface area contributed by atoms with Crippen LogP contribution in [0, 0.1) is 11.3 Å². The molecule has 11 heavy (non-hydrogen) atoms. The summed E-state index contributed by atoms with van der Waals surface area (Å²) in [6.07, 6.45) is 2.29. The van der Waals surface area contributed by atoms with Crippen LogP contribution in [0.15, 0.2) is 12.4 Å². The molecule has 0 aliphatic heterocycles. The van der Waals surface area contributed by atoms with Gasteiger partial charge in [0.2, 0.25) is 0 Å². The van der Waals surface area contributed by atoms with Crippen molar-refractivity contribution >= 4 is 5.97 Å². The lowest BCUT2D eigenvalue weighted by molar-refractivity contribution is 0.0690. The molecule has 1 N–H and O–H groups in total. The molecular weight excluding hydrogens is 146 g/mol. The summed E-state index contributed by atoms with van der Waals surface area (Å²) in [5, 5.41) is 16.7. The molecule has 54 valence electrons. The number of carboxylic acid groups (broad SMARTS) is 1. The molecule has 0 aromatic carbocycles. The molecule has 5 nitrogen and oxygen atoms in total. The molecule has 1 rings (SSSR count). The van der Waals surface area contributed by atoms with Crippen LogP contribution in [0.25, 0.3) is 0 Å². The largest absolute Gasteiger partial charge is 0.476 e. The lowest BCUT2D eigenvalue weighted by Crippen LogP contribution is -2.01. The molecule has 0 saturated heterocycles. The second-order valence-corrected chi connectivity index (χ2v) is 1.71. The van der Waals surface area contributed by atoms with E-state index in [9.17, 15) is 4.79 Å². The van der Waals surface area contributed by atoms with Crippen molar-refractivity contribution in [1.82, 2.24) is 9.97 Å². The zero-order chi connectivity index (χ0) is 8.27. The Morgan fingerprint density at radius 3 is 2.91 bits per heavy atom. The monoisotopic (exact) mass is 149 g/mol. The summed E-state index contributed by atoms with van der Waals surface area (Å²) in [4.78, 5) is 17.2. The standard InChI is InChI=1S/C6H3N3O2/c7-1-4-2-8-3-5(9-4)6(10)11/h2-3H,(H,10,11). The van der Waals surface area contributed by atoms with E-state index in [-0.39, 0.29) is 11.4 Å². The van der Waals surface area contributed by atoms with E-state index in [0.717, 1.165) is 6.20 Å². The van der Waals surface area contributed by atoms with Crippen LogP contribution in [-0.4, -0.2) is 21.0 Å². The van der Waals surface area contributed by atoms with E-state index in [0.29, 0.717) is 0 Å². The number of carboxylic acids is 1. The summed E-state index contributed by atoms with van der Waals surface area (Å²) >= 11 is 0. The van der Waals surface area contributed by atoms with E-state index in [2.05, 4.69) is 9.97 Å². The summed E-state index contributed by atoms with van der Waals surface area (Å²) < 4.78 is 0. The van der Waals surface area contributed by atoms with Crippen LogP contribution in [0.5, 0.6) is 0 Å². The highest BCUT2D eigenvalue weighted by molar-refractivity contribution is 5.84. The number of hydrogen-bond donors (Lipinski definition) is 1. The number of aromatic nitrogens is 2. The Morgan fingerprint density at radius 1 is 1.64 bits per heavy atom. The van der Waals surface area contributed by atoms with Crippen LogP contribution < -0.4 is 0 Å². The molecular formula is C6H3N3O2. The predicted octanol–water partition coefficient (Wildman–Crippen LogP) is 0.0465. The molecule has 1 aromatic rings. The van der Waals surface area contributed by atoms with Gasteiger partial charge in [0.15, 0.2) is 11.4 Å². The van der Waals surface area contributed by atoms with E-state index in [1.54, 1.807) is 6.07 Å². The Morgan fingerprint density at radius 2 is 2.36 bits per heavy atom. The van der Waals surface area contributed by atoms with E-state index < -0.39 is 5.97 Å². The van der Waals surface area contributed by atoms with E-state index in [1.807, 2.05) is 0 Å². The first-order chi connectivity index (χ1) is 5.24. The quantitative estimate of drug-likeness (QED) is 0.609. The van der Waals surface area contributed by atoms with Crippen LogP contribution in [0.2, 0.25) is 0 Å². The van der Waals surface area contributed by atoms with Crippen LogP contribution in [0.1, 0.15) is 16.2 Å². The summed E-state index contributed by atoms with van der Waals surface area (Å²) in [5.41, 5.74) is -0.214. The first-order valence-electron chi connectivity index (χ1n) is 2.69. The molecule has 0 atom stereocenters. The van der Waals surface area contributed by atoms with Gasteiger partial charge in [0.25, 0.3) is 0 Å². The maximum atomic E-state index is 10.3. The second kappa shape index (κ2) is 2.75. The smallest absolute Gasteiger partial charge is 0.356 e. The molecule has 0 saturated carbocycles. The minimum absolute atomic E-state index is 0.00454. The minimum Gasteiger partial charge on any atom is -0.476 e. The van der Waals surface area contributed by atoms with Gasteiger partial charge in [-0.05, 0) is 0 Å². The fourth-order valence-corrected chi connectivity index (χ4v) is 0.523. The Labute approximate surface area is 61.9 Å². The highest BCUT2D eigenvalue weighted by Crippen LogP contribution is 1.93. The van der Waals surface area contributed by atoms with Crippen molar-refractivity contribution in [1.29, 1.82) is 5.26 Å². The Balaban J connectivity index is 3.13. The van der Waals surface area contributed by atoms with E-state index in [1.165, 1.54) is 6.20 Å². The van der Waals surface area contributed by atoms with Crippen molar-refractivity contribution in [3.05, 3.63) is 23.8 Å². The molecule has 0 amide bonds. The molecule has 5 heteroatoms. The van der Waals surface area contributed by atoms with Gasteiger partial charge in [-0.25, -0.2) is 9.78 Å². The van der Waals surface area contributed by atoms with Crippen molar-refractivity contribution < 1.29 is 9.90 Å². The maximum Gasteiger partial charge on any atom is 0.356 e. The predicted molar refractivity (Wildman–Crippen MR) is 33.7 cm³/mol. The molecule has 1 heterocycles. The second-order valence-electron chi connectivity index (χ2n) is 1.71. The molecule has 0 spiro atoms. The lowest BCUT2D eigenvalue weighted by atomic mass is 10.4. The summed E-state index contributed by atoms with van der Waals surface area (Å²) in [6, 6.07) is 1.69. The molecule has 0 fully saturated rings. The number of nitrogens with zero attached hydrogens (tertiary/aromatic N) is 3. The summed E-state index contributed by atoms with van der Waals surface area (Å²) in [6.45, 7) is 0. The van der Waals surface area contributed by atoms with Gasteiger partial charge in [-0.3, -0.25) is 4.98 Å². The summed E-state index contributed by atoms with van der Waals surface area (Å²) in [5.74, 6) is -1.19. The highest BCUT2D eigenvalue weighted by Gasteiger charge is 2.04. The normalized spacial score (nSPS) is 8.64. The highest BCUT2D eigenvalue weighted by atomic mass is 16.4. The topological polar surface area (TPSA) is 86.9 Å². The minimum atomic E-state index is -1.19. The van der Waals surface area contributed by atoms with Crippen molar-refractivity contribution in [2.24, 2.45) is 0 Å². The third kappa shape index (κ3) is 1.49. The van der Waals surface area contributed by atoms with E-state index in [4.69, 9.17) is 10.4 Å². The van der Waals surface area contributed by atoms with Crippen LogP contribution in [0.3, 0.4) is 0 Å².